The Morgan fingerprint density at radius 2 is 1.15 bits per heavy atom. The zero-order valence-corrected chi connectivity index (χ0v) is 22.9. The van der Waals surface area contributed by atoms with E-state index in [1.165, 1.54) is 86.0 Å². The van der Waals surface area contributed by atoms with Crippen LogP contribution in [0.4, 0.5) is 0 Å². The van der Waals surface area contributed by atoms with Crippen LogP contribution >= 0.6 is 0 Å². The third-order valence-electron chi connectivity index (χ3n) is 8.97. The van der Waals surface area contributed by atoms with E-state index < -0.39 is 0 Å². The van der Waals surface area contributed by atoms with E-state index in [0.717, 1.165) is 0 Å². The second kappa shape index (κ2) is 9.89. The van der Waals surface area contributed by atoms with Gasteiger partial charge in [-0.25, -0.2) is 0 Å². The summed E-state index contributed by atoms with van der Waals surface area (Å²) in [7, 11) is 0. The molecule has 7 aromatic rings. The quantitative estimate of drug-likeness (QED) is 0.193. The van der Waals surface area contributed by atoms with Crippen LogP contribution in [-0.4, -0.2) is 4.40 Å². The van der Waals surface area contributed by atoms with Crippen LogP contribution in [0.5, 0.6) is 0 Å². The average Bonchev–Trinajstić information content (AvgIpc) is 3.51. The summed E-state index contributed by atoms with van der Waals surface area (Å²) >= 11 is 0. The highest BCUT2D eigenvalue weighted by molar-refractivity contribution is 6.24. The van der Waals surface area contributed by atoms with E-state index in [1.807, 2.05) is 0 Å². The molecule has 0 amide bonds. The third-order valence-corrected chi connectivity index (χ3v) is 8.97. The molecule has 0 radical (unpaired) electrons. The van der Waals surface area contributed by atoms with Crippen molar-refractivity contribution in [1.82, 2.24) is 4.40 Å². The zero-order chi connectivity index (χ0) is 26.3. The fourth-order valence-electron chi connectivity index (χ4n) is 6.79. The predicted octanol–water partition coefficient (Wildman–Crippen LogP) is 11.0. The van der Waals surface area contributed by atoms with Crippen molar-refractivity contribution in [3.05, 3.63) is 126 Å². The molecule has 39 heavy (non-hydrogen) atoms. The van der Waals surface area contributed by atoms with Crippen LogP contribution in [0.15, 0.2) is 115 Å². The Kier molecular flexibility index (Phi) is 6.08. The Morgan fingerprint density at radius 1 is 0.564 bits per heavy atom. The lowest BCUT2D eigenvalue weighted by Crippen LogP contribution is -2.00. The van der Waals surface area contributed by atoms with E-state index in [-0.39, 0.29) is 0 Å². The first-order valence-corrected chi connectivity index (χ1v) is 14.5. The van der Waals surface area contributed by atoms with Gasteiger partial charge in [-0.2, -0.15) is 0 Å². The molecule has 1 heteroatoms. The molecule has 1 nitrogen and oxygen atoms in total. The minimum Gasteiger partial charge on any atom is -0.308 e. The number of benzene rings is 5. The molecule has 2 atom stereocenters. The van der Waals surface area contributed by atoms with Gasteiger partial charge in [0.2, 0.25) is 0 Å². The molecular weight excluding hydrogens is 470 g/mol. The number of fused-ring (bicyclic) bond motifs is 6. The van der Waals surface area contributed by atoms with Crippen molar-refractivity contribution in [2.45, 2.75) is 51.4 Å². The lowest BCUT2D eigenvalue weighted by molar-refractivity contribution is 0.529. The molecule has 2 heterocycles. The zero-order valence-electron chi connectivity index (χ0n) is 22.9. The van der Waals surface area contributed by atoms with Crippen LogP contribution < -0.4 is 0 Å². The van der Waals surface area contributed by atoms with Crippen LogP contribution in [0.1, 0.15) is 62.5 Å². The average molecular weight is 506 g/mol. The van der Waals surface area contributed by atoms with Gasteiger partial charge in [0, 0.05) is 21.5 Å². The highest BCUT2D eigenvalue weighted by Crippen LogP contribution is 2.41. The molecule has 0 fully saturated rings. The van der Waals surface area contributed by atoms with Crippen LogP contribution in [0.3, 0.4) is 0 Å². The van der Waals surface area contributed by atoms with E-state index in [2.05, 4.69) is 134 Å². The van der Waals surface area contributed by atoms with Crippen molar-refractivity contribution >= 4 is 38.1 Å². The smallest absolute Gasteiger partial charge is 0.0620 e. The maximum Gasteiger partial charge on any atom is 0.0620 e. The summed E-state index contributed by atoms with van der Waals surface area (Å²) < 4.78 is 2.45. The van der Waals surface area contributed by atoms with Gasteiger partial charge in [-0.15, -0.1) is 0 Å². The molecular formula is C38H35N. The van der Waals surface area contributed by atoms with Gasteiger partial charge in [0.05, 0.1) is 16.6 Å². The Bertz CT molecular complexity index is 1790. The Balaban J connectivity index is 1.19. The highest BCUT2D eigenvalue weighted by atomic mass is 14.9. The van der Waals surface area contributed by atoms with E-state index >= 15 is 0 Å². The van der Waals surface area contributed by atoms with Gasteiger partial charge in [0.15, 0.2) is 0 Å². The number of para-hydroxylation sites is 2. The van der Waals surface area contributed by atoms with Crippen molar-refractivity contribution in [2.24, 2.45) is 0 Å². The lowest BCUT2D eigenvalue weighted by Gasteiger charge is -2.18. The molecule has 7 rings (SSSR count). The Hall–Kier alpha value is -4.10. The van der Waals surface area contributed by atoms with Gasteiger partial charge >= 0.3 is 0 Å². The fourth-order valence-corrected chi connectivity index (χ4v) is 6.79. The van der Waals surface area contributed by atoms with Crippen LogP contribution in [0.25, 0.3) is 49.2 Å². The van der Waals surface area contributed by atoms with Crippen LogP contribution in [-0.2, 0) is 0 Å². The summed E-state index contributed by atoms with van der Waals surface area (Å²) in [6.07, 6.45) is 4.95. The summed E-state index contributed by atoms with van der Waals surface area (Å²) in [6, 6.07) is 42.9. The first-order chi connectivity index (χ1) is 19.2. The lowest BCUT2D eigenvalue weighted by atomic mass is 9.87. The predicted molar refractivity (Wildman–Crippen MR) is 168 cm³/mol. The Morgan fingerprint density at radius 3 is 1.77 bits per heavy atom. The van der Waals surface area contributed by atoms with Crippen molar-refractivity contribution in [1.29, 1.82) is 0 Å². The molecule has 2 unspecified atom stereocenters. The number of hydrogen-bond acceptors (Lipinski definition) is 0. The van der Waals surface area contributed by atoms with Crippen molar-refractivity contribution in [2.75, 3.05) is 0 Å². The fraction of sp³-hybridized carbons (Fsp3) is 0.211. The van der Waals surface area contributed by atoms with E-state index in [9.17, 15) is 0 Å². The molecule has 0 saturated carbocycles. The molecule has 0 spiro atoms. The minimum absolute atomic E-state index is 0.618. The molecule has 0 saturated heterocycles. The topological polar surface area (TPSA) is 4.41 Å². The first-order valence-electron chi connectivity index (χ1n) is 14.5. The van der Waals surface area contributed by atoms with E-state index in [0.29, 0.717) is 11.8 Å². The van der Waals surface area contributed by atoms with Crippen molar-refractivity contribution < 1.29 is 0 Å². The largest absolute Gasteiger partial charge is 0.308 e. The summed E-state index contributed by atoms with van der Waals surface area (Å²) in [4.78, 5) is 0. The normalized spacial score (nSPS) is 13.6. The third kappa shape index (κ3) is 4.08. The van der Waals surface area contributed by atoms with Crippen molar-refractivity contribution in [3.63, 3.8) is 0 Å². The first kappa shape index (κ1) is 24.0. The summed E-state index contributed by atoms with van der Waals surface area (Å²) in [5.74, 6) is 1.24. The number of nitrogens with zero attached hydrogens (tertiary/aromatic N) is 1. The minimum atomic E-state index is 0.618. The molecule has 2 aromatic heterocycles. The molecule has 0 aliphatic rings. The number of aromatic nitrogens is 1. The second-order valence-corrected chi connectivity index (χ2v) is 11.3. The van der Waals surface area contributed by atoms with E-state index in [1.54, 1.807) is 0 Å². The van der Waals surface area contributed by atoms with Gasteiger partial charge in [0.1, 0.15) is 0 Å². The van der Waals surface area contributed by atoms with Gasteiger partial charge in [0.25, 0.3) is 0 Å². The molecule has 5 aromatic carbocycles. The standard InChI is InChI=1S/C38H35N/c1-3-27(15-11-12-26(2)28-13-5-4-6-14-28)29-20-22-30(23-21-29)31-24-34-32-16-7-9-18-36(32)39-37-19-10-8-17-33(37)35(25-31)38(34)39/h4-10,13-14,16-27H,3,11-12,15H2,1-2H3. The molecule has 0 aliphatic carbocycles. The van der Waals surface area contributed by atoms with Gasteiger partial charge in [-0.05, 0) is 77.6 Å². The van der Waals surface area contributed by atoms with Crippen molar-refractivity contribution in [3.8, 4) is 11.1 Å². The Labute approximate surface area is 231 Å². The summed E-state index contributed by atoms with van der Waals surface area (Å²) in [5.41, 5.74) is 9.45. The summed E-state index contributed by atoms with van der Waals surface area (Å²) in [6.45, 7) is 4.70. The number of rotatable bonds is 8. The second-order valence-electron chi connectivity index (χ2n) is 11.3. The van der Waals surface area contributed by atoms with Crippen LogP contribution in [0, 0.1) is 0 Å². The van der Waals surface area contributed by atoms with Gasteiger partial charge in [-0.3, -0.25) is 0 Å². The van der Waals surface area contributed by atoms with Gasteiger partial charge in [-0.1, -0.05) is 111 Å². The summed E-state index contributed by atoms with van der Waals surface area (Å²) in [5, 5.41) is 5.35. The monoisotopic (exact) mass is 505 g/mol. The molecule has 192 valence electrons. The van der Waals surface area contributed by atoms with E-state index in [4.69, 9.17) is 0 Å². The highest BCUT2D eigenvalue weighted by Gasteiger charge is 2.18. The SMILES string of the molecule is CCC(CCCC(C)c1ccccc1)c1ccc(-c2cc3c4ccccc4n4c5ccccc5c(c2)c34)cc1. The number of hydrogen-bond donors (Lipinski definition) is 0. The molecule has 0 aliphatic heterocycles. The molecule has 0 N–H and O–H groups in total. The van der Waals surface area contributed by atoms with Gasteiger partial charge < -0.3 is 4.40 Å². The maximum absolute atomic E-state index is 2.45. The molecule has 0 bridgehead atoms. The van der Waals surface area contributed by atoms with Crippen LogP contribution in [0.2, 0.25) is 0 Å². The maximum atomic E-state index is 2.45.